The minimum atomic E-state index is -0.474. The zero-order valence-electron chi connectivity index (χ0n) is 18.8. The van der Waals surface area contributed by atoms with Gasteiger partial charge in [-0.2, -0.15) is 0 Å². The number of carbonyl (C=O) groups excluding carboxylic acids is 1. The molecule has 0 saturated carbocycles. The van der Waals surface area contributed by atoms with Crippen molar-refractivity contribution in [1.82, 2.24) is 14.5 Å². The second kappa shape index (κ2) is 10.6. The van der Waals surface area contributed by atoms with Crippen LogP contribution in [0.4, 0.5) is 5.69 Å². The van der Waals surface area contributed by atoms with E-state index in [4.69, 9.17) is 9.72 Å². The molecule has 0 saturated heterocycles. The van der Waals surface area contributed by atoms with Crippen molar-refractivity contribution in [2.75, 3.05) is 20.3 Å². The molecule has 1 atom stereocenters. The van der Waals surface area contributed by atoms with Crippen LogP contribution in [0.15, 0.2) is 59.4 Å². The molecule has 0 aliphatic carbocycles. The summed E-state index contributed by atoms with van der Waals surface area (Å²) in [5, 5.41) is 11.3. The van der Waals surface area contributed by atoms with Crippen molar-refractivity contribution in [2.24, 2.45) is 7.05 Å². The molecule has 0 bridgehead atoms. The molecule has 0 fully saturated rings. The van der Waals surface area contributed by atoms with Gasteiger partial charge in [0.2, 0.25) is 5.91 Å². The molecule has 1 heterocycles. The molecule has 0 N–H and O–H groups in total. The standard InChI is InChI=1S/C24H26N4O5/c1-4-21(23-25-20-8-6-5-7-19(20)24(30)26(23)2)27(15-16-33-3)22(29)14-11-17-9-12-18(13-10-17)28(31)32/h5-14,21H,4,15-16H2,1-3H3/b14-11+. The number of amides is 1. The molecule has 33 heavy (non-hydrogen) atoms. The first-order chi connectivity index (χ1) is 15.9. The average molecular weight is 450 g/mol. The Balaban J connectivity index is 1.95. The summed E-state index contributed by atoms with van der Waals surface area (Å²) in [5.74, 6) is 0.217. The van der Waals surface area contributed by atoms with Crippen molar-refractivity contribution in [3.8, 4) is 0 Å². The summed E-state index contributed by atoms with van der Waals surface area (Å²) in [4.78, 5) is 42.8. The summed E-state index contributed by atoms with van der Waals surface area (Å²) in [6.07, 6.45) is 3.56. The summed E-state index contributed by atoms with van der Waals surface area (Å²) < 4.78 is 6.69. The predicted molar refractivity (Wildman–Crippen MR) is 126 cm³/mol. The number of nitro benzene ring substituents is 1. The number of hydrogen-bond donors (Lipinski definition) is 0. The van der Waals surface area contributed by atoms with Gasteiger partial charge in [-0.3, -0.25) is 24.3 Å². The van der Waals surface area contributed by atoms with Crippen molar-refractivity contribution in [1.29, 1.82) is 0 Å². The maximum absolute atomic E-state index is 13.2. The number of benzene rings is 2. The zero-order chi connectivity index (χ0) is 24.0. The third kappa shape index (κ3) is 5.32. The SMILES string of the molecule is CCC(c1nc2ccccc2c(=O)n1C)N(CCOC)C(=O)/C=C/c1ccc([N+](=O)[O-])cc1. The van der Waals surface area contributed by atoms with Crippen LogP contribution in [0, 0.1) is 10.1 Å². The molecule has 0 aliphatic heterocycles. The van der Waals surface area contributed by atoms with E-state index in [0.717, 1.165) is 0 Å². The topological polar surface area (TPSA) is 108 Å². The van der Waals surface area contributed by atoms with Gasteiger partial charge >= 0.3 is 0 Å². The first-order valence-corrected chi connectivity index (χ1v) is 10.5. The Morgan fingerprint density at radius 3 is 2.58 bits per heavy atom. The lowest BCUT2D eigenvalue weighted by Crippen LogP contribution is -2.39. The van der Waals surface area contributed by atoms with Gasteiger partial charge in [-0.1, -0.05) is 19.1 Å². The van der Waals surface area contributed by atoms with E-state index in [-0.39, 0.29) is 17.2 Å². The maximum atomic E-state index is 13.2. The minimum absolute atomic E-state index is 0.0189. The molecule has 0 radical (unpaired) electrons. The summed E-state index contributed by atoms with van der Waals surface area (Å²) in [7, 11) is 3.21. The average Bonchev–Trinajstić information content (AvgIpc) is 2.83. The van der Waals surface area contributed by atoms with Gasteiger partial charge in [0.1, 0.15) is 5.82 Å². The maximum Gasteiger partial charge on any atom is 0.269 e. The highest BCUT2D eigenvalue weighted by atomic mass is 16.6. The number of non-ortho nitro benzene ring substituents is 1. The quantitative estimate of drug-likeness (QED) is 0.281. The summed E-state index contributed by atoms with van der Waals surface area (Å²) in [5.41, 5.74) is 1.05. The number of fused-ring (bicyclic) bond motifs is 1. The lowest BCUT2D eigenvalue weighted by atomic mass is 10.1. The first kappa shape index (κ1) is 23.8. The fourth-order valence-electron chi connectivity index (χ4n) is 3.66. The highest BCUT2D eigenvalue weighted by Crippen LogP contribution is 2.24. The Hall–Kier alpha value is -3.85. The van der Waals surface area contributed by atoms with Gasteiger partial charge in [0.05, 0.1) is 28.5 Å². The number of nitrogens with zero attached hydrogens (tertiary/aromatic N) is 4. The van der Waals surface area contributed by atoms with Crippen LogP contribution in [0.1, 0.15) is 30.8 Å². The second-order valence-corrected chi connectivity index (χ2v) is 7.48. The fraction of sp³-hybridized carbons (Fsp3) is 0.292. The molecule has 3 rings (SSSR count). The van der Waals surface area contributed by atoms with Gasteiger partial charge < -0.3 is 9.64 Å². The molecule has 1 amide bonds. The van der Waals surface area contributed by atoms with Crippen molar-refractivity contribution < 1.29 is 14.5 Å². The number of rotatable bonds is 9. The molecule has 1 unspecified atom stereocenters. The molecule has 3 aromatic rings. The smallest absolute Gasteiger partial charge is 0.269 e. The Morgan fingerprint density at radius 1 is 1.24 bits per heavy atom. The highest BCUT2D eigenvalue weighted by Gasteiger charge is 2.26. The van der Waals surface area contributed by atoms with Crippen molar-refractivity contribution in [2.45, 2.75) is 19.4 Å². The number of methoxy groups -OCH3 is 1. The second-order valence-electron chi connectivity index (χ2n) is 7.48. The van der Waals surface area contributed by atoms with E-state index in [9.17, 15) is 19.7 Å². The van der Waals surface area contributed by atoms with Crippen LogP contribution >= 0.6 is 0 Å². The first-order valence-electron chi connectivity index (χ1n) is 10.5. The molecule has 0 spiro atoms. The monoisotopic (exact) mass is 450 g/mol. The zero-order valence-corrected chi connectivity index (χ0v) is 18.8. The van der Waals surface area contributed by atoms with E-state index in [0.29, 0.717) is 41.9 Å². The third-order valence-corrected chi connectivity index (χ3v) is 5.42. The number of ether oxygens (including phenoxy) is 1. The van der Waals surface area contributed by atoms with Gasteiger partial charge in [-0.05, 0) is 42.3 Å². The molecule has 0 aliphatic rings. The molecule has 2 aromatic carbocycles. The number of nitro groups is 1. The van der Waals surface area contributed by atoms with Gasteiger partial charge in [0.15, 0.2) is 0 Å². The highest BCUT2D eigenvalue weighted by molar-refractivity contribution is 5.92. The lowest BCUT2D eigenvalue weighted by Gasteiger charge is -2.31. The van der Waals surface area contributed by atoms with E-state index < -0.39 is 11.0 Å². The number of aromatic nitrogens is 2. The predicted octanol–water partition coefficient (Wildman–Crippen LogP) is 3.48. The Labute approximate surface area is 191 Å². The summed E-state index contributed by atoms with van der Waals surface area (Å²) in [6.45, 7) is 2.55. The van der Waals surface area contributed by atoms with Gasteiger partial charge in [0.25, 0.3) is 11.2 Å². The number of hydrogen-bond acceptors (Lipinski definition) is 6. The molecule has 9 heteroatoms. The lowest BCUT2D eigenvalue weighted by molar-refractivity contribution is -0.384. The van der Waals surface area contributed by atoms with Gasteiger partial charge in [-0.15, -0.1) is 0 Å². The van der Waals surface area contributed by atoms with Crippen molar-refractivity contribution in [3.05, 3.63) is 86.5 Å². The van der Waals surface area contributed by atoms with Crippen LogP contribution in [0.3, 0.4) is 0 Å². The molecule has 172 valence electrons. The molecule has 9 nitrogen and oxygen atoms in total. The molecule has 1 aromatic heterocycles. The van der Waals surface area contributed by atoms with E-state index in [1.165, 1.54) is 22.8 Å². The largest absolute Gasteiger partial charge is 0.383 e. The molecular weight excluding hydrogens is 424 g/mol. The van der Waals surface area contributed by atoms with E-state index in [1.807, 2.05) is 13.0 Å². The van der Waals surface area contributed by atoms with Crippen LogP contribution < -0.4 is 5.56 Å². The summed E-state index contributed by atoms with van der Waals surface area (Å²) >= 11 is 0. The normalized spacial score (nSPS) is 12.2. The van der Waals surface area contributed by atoms with E-state index in [1.54, 1.807) is 55.5 Å². The fourth-order valence-corrected chi connectivity index (χ4v) is 3.66. The van der Waals surface area contributed by atoms with Crippen LogP contribution in [0.5, 0.6) is 0 Å². The minimum Gasteiger partial charge on any atom is -0.383 e. The summed E-state index contributed by atoms with van der Waals surface area (Å²) in [6, 6.07) is 12.6. The van der Waals surface area contributed by atoms with Crippen LogP contribution in [-0.2, 0) is 16.6 Å². The third-order valence-electron chi connectivity index (χ3n) is 5.42. The Bertz CT molecular complexity index is 1230. The Kier molecular flexibility index (Phi) is 7.68. The van der Waals surface area contributed by atoms with Crippen molar-refractivity contribution in [3.63, 3.8) is 0 Å². The number of para-hydroxylation sites is 1. The van der Waals surface area contributed by atoms with Crippen molar-refractivity contribution >= 4 is 28.6 Å². The van der Waals surface area contributed by atoms with E-state index >= 15 is 0 Å². The van der Waals surface area contributed by atoms with E-state index in [2.05, 4.69) is 0 Å². The van der Waals surface area contributed by atoms with Crippen LogP contribution in [0.2, 0.25) is 0 Å². The Morgan fingerprint density at radius 2 is 1.94 bits per heavy atom. The van der Waals surface area contributed by atoms with Gasteiger partial charge in [0, 0.05) is 38.9 Å². The molecular formula is C24H26N4O5. The van der Waals surface area contributed by atoms with Crippen LogP contribution in [-0.4, -0.2) is 45.5 Å². The number of carbonyl (C=O) groups is 1. The van der Waals surface area contributed by atoms with Gasteiger partial charge in [-0.25, -0.2) is 4.98 Å². The van der Waals surface area contributed by atoms with Crippen LogP contribution in [0.25, 0.3) is 17.0 Å².